The molecule has 0 radical (unpaired) electrons. The Morgan fingerprint density at radius 3 is 2.79 bits per heavy atom. The van der Waals surface area contributed by atoms with Crippen molar-refractivity contribution in [3.8, 4) is 0 Å². The van der Waals surface area contributed by atoms with Crippen LogP contribution in [-0.4, -0.2) is 12.6 Å². The van der Waals surface area contributed by atoms with E-state index in [1.165, 1.54) is 0 Å². The molecule has 1 rings (SSSR count). The summed E-state index contributed by atoms with van der Waals surface area (Å²) in [6.07, 6.45) is 0.776. The Morgan fingerprint density at radius 2 is 2.36 bits per heavy atom. The number of carbonyl (C=O) groups is 1. The molecule has 0 saturated heterocycles. The van der Waals surface area contributed by atoms with Crippen molar-refractivity contribution >= 4 is 33.2 Å². The number of ether oxygens (including phenoxy) is 1. The first-order valence-corrected chi connectivity index (χ1v) is 6.27. The van der Waals surface area contributed by atoms with Gasteiger partial charge in [-0.2, -0.15) is 0 Å². The highest BCUT2D eigenvalue weighted by atomic mass is 79.9. The monoisotopic (exact) mass is 276 g/mol. The first-order valence-electron chi connectivity index (χ1n) is 4.60. The van der Waals surface area contributed by atoms with Crippen LogP contribution in [-0.2, 0) is 9.53 Å². The zero-order chi connectivity index (χ0) is 10.6. The van der Waals surface area contributed by atoms with Crippen molar-refractivity contribution in [2.45, 2.75) is 26.2 Å². The van der Waals surface area contributed by atoms with Gasteiger partial charge in [0.1, 0.15) is 0 Å². The van der Waals surface area contributed by atoms with Crippen LogP contribution in [0.15, 0.2) is 15.9 Å². The third-order valence-corrected chi connectivity index (χ3v) is 3.93. The zero-order valence-corrected chi connectivity index (χ0v) is 10.7. The summed E-state index contributed by atoms with van der Waals surface area (Å²) in [4.78, 5) is 12.6. The molecule has 1 heterocycles. The first kappa shape index (κ1) is 11.7. The van der Waals surface area contributed by atoms with E-state index in [2.05, 4.69) is 15.9 Å². The lowest BCUT2D eigenvalue weighted by Gasteiger charge is -2.12. The van der Waals surface area contributed by atoms with Gasteiger partial charge in [0.05, 0.1) is 12.5 Å². The molecule has 2 nitrogen and oxygen atoms in total. The Bertz CT molecular complexity index is 309. The molecule has 0 amide bonds. The molecule has 0 aliphatic rings. The van der Waals surface area contributed by atoms with Crippen LogP contribution in [0.1, 0.15) is 31.1 Å². The van der Waals surface area contributed by atoms with Crippen LogP contribution in [0, 0.1) is 0 Å². The molecule has 78 valence electrons. The van der Waals surface area contributed by atoms with Gasteiger partial charge in [0.2, 0.25) is 0 Å². The van der Waals surface area contributed by atoms with Gasteiger partial charge in [-0.25, -0.2) is 0 Å². The van der Waals surface area contributed by atoms with Gasteiger partial charge in [-0.3, -0.25) is 4.79 Å². The molecule has 1 atom stereocenters. The largest absolute Gasteiger partial charge is 0.465 e. The van der Waals surface area contributed by atoms with E-state index < -0.39 is 0 Å². The van der Waals surface area contributed by atoms with Crippen LogP contribution in [0.3, 0.4) is 0 Å². The number of halogens is 1. The molecular formula is C10H13BrO2S. The van der Waals surface area contributed by atoms with E-state index in [4.69, 9.17) is 4.74 Å². The summed E-state index contributed by atoms with van der Waals surface area (Å²) in [5.74, 6) is -0.248. The lowest BCUT2D eigenvalue weighted by atomic mass is 10.1. The van der Waals surface area contributed by atoms with Crippen LogP contribution in [0.4, 0.5) is 0 Å². The molecule has 0 aliphatic carbocycles. The second-order valence-electron chi connectivity index (χ2n) is 2.85. The maximum absolute atomic E-state index is 11.6. The average molecular weight is 277 g/mol. The minimum Gasteiger partial charge on any atom is -0.465 e. The van der Waals surface area contributed by atoms with E-state index in [9.17, 15) is 4.79 Å². The van der Waals surface area contributed by atoms with E-state index in [1.54, 1.807) is 11.3 Å². The topological polar surface area (TPSA) is 26.3 Å². The highest BCUT2D eigenvalue weighted by Gasteiger charge is 2.23. The maximum atomic E-state index is 11.6. The number of esters is 1. The van der Waals surface area contributed by atoms with Crippen molar-refractivity contribution in [1.82, 2.24) is 0 Å². The van der Waals surface area contributed by atoms with Crippen molar-refractivity contribution in [3.05, 3.63) is 20.8 Å². The standard InChI is InChI=1S/C10H13BrO2S/c1-3-7(10(12)13-4-2)9-8(11)5-6-14-9/h5-7H,3-4H2,1-2H3. The minimum absolute atomic E-state index is 0.121. The Hall–Kier alpha value is -0.350. The van der Waals surface area contributed by atoms with Gasteiger partial charge in [0.15, 0.2) is 0 Å². The number of thiophene rings is 1. The van der Waals surface area contributed by atoms with Gasteiger partial charge in [-0.15, -0.1) is 11.3 Å². The van der Waals surface area contributed by atoms with Crippen molar-refractivity contribution in [3.63, 3.8) is 0 Å². The first-order chi connectivity index (χ1) is 6.70. The summed E-state index contributed by atoms with van der Waals surface area (Å²) >= 11 is 5.02. The van der Waals surface area contributed by atoms with Crippen LogP contribution >= 0.6 is 27.3 Å². The molecule has 0 bridgehead atoms. The van der Waals surface area contributed by atoms with E-state index in [-0.39, 0.29) is 11.9 Å². The normalized spacial score (nSPS) is 12.5. The fourth-order valence-corrected chi connectivity index (χ4v) is 3.08. The summed E-state index contributed by atoms with van der Waals surface area (Å²) < 4.78 is 6.02. The molecule has 0 spiro atoms. The molecule has 0 aliphatic heterocycles. The van der Waals surface area contributed by atoms with Gasteiger partial charge in [0, 0.05) is 9.35 Å². The third-order valence-electron chi connectivity index (χ3n) is 1.94. The quantitative estimate of drug-likeness (QED) is 0.786. The summed E-state index contributed by atoms with van der Waals surface area (Å²) in [6, 6.07) is 1.96. The summed E-state index contributed by atoms with van der Waals surface area (Å²) in [6.45, 7) is 4.26. The zero-order valence-electron chi connectivity index (χ0n) is 8.25. The molecule has 1 aromatic rings. The second-order valence-corrected chi connectivity index (χ2v) is 4.65. The molecule has 0 fully saturated rings. The van der Waals surface area contributed by atoms with Crippen LogP contribution < -0.4 is 0 Å². The molecule has 4 heteroatoms. The predicted octanol–water partition coefficient (Wildman–Crippen LogP) is 3.57. The highest BCUT2D eigenvalue weighted by Crippen LogP contribution is 2.33. The Balaban J connectivity index is 2.82. The van der Waals surface area contributed by atoms with Gasteiger partial charge in [0.25, 0.3) is 0 Å². The lowest BCUT2D eigenvalue weighted by Crippen LogP contribution is -2.14. The molecule has 1 unspecified atom stereocenters. The predicted molar refractivity (Wildman–Crippen MR) is 61.7 cm³/mol. The fraction of sp³-hybridized carbons (Fsp3) is 0.500. The van der Waals surface area contributed by atoms with Crippen LogP contribution in [0.5, 0.6) is 0 Å². The maximum Gasteiger partial charge on any atom is 0.314 e. The molecule has 1 aromatic heterocycles. The molecule has 14 heavy (non-hydrogen) atoms. The van der Waals surface area contributed by atoms with Gasteiger partial charge >= 0.3 is 5.97 Å². The van der Waals surface area contributed by atoms with Crippen molar-refractivity contribution in [2.24, 2.45) is 0 Å². The SMILES string of the molecule is CCOC(=O)C(CC)c1sccc1Br. The van der Waals surface area contributed by atoms with E-state index in [1.807, 2.05) is 25.3 Å². The van der Waals surface area contributed by atoms with E-state index in [0.29, 0.717) is 6.61 Å². The summed E-state index contributed by atoms with van der Waals surface area (Å²) in [5, 5.41) is 1.97. The van der Waals surface area contributed by atoms with Crippen molar-refractivity contribution < 1.29 is 9.53 Å². The lowest BCUT2D eigenvalue weighted by molar-refractivity contribution is -0.144. The molecule has 0 N–H and O–H groups in total. The van der Waals surface area contributed by atoms with Crippen molar-refractivity contribution in [2.75, 3.05) is 6.61 Å². The highest BCUT2D eigenvalue weighted by molar-refractivity contribution is 9.10. The fourth-order valence-electron chi connectivity index (χ4n) is 1.26. The summed E-state index contributed by atoms with van der Waals surface area (Å²) in [7, 11) is 0. The second kappa shape index (κ2) is 5.51. The van der Waals surface area contributed by atoms with Gasteiger partial charge < -0.3 is 4.74 Å². The number of carbonyl (C=O) groups excluding carboxylic acids is 1. The Kier molecular flexibility index (Phi) is 4.62. The molecule has 0 saturated carbocycles. The third kappa shape index (κ3) is 2.58. The van der Waals surface area contributed by atoms with Crippen molar-refractivity contribution in [1.29, 1.82) is 0 Å². The van der Waals surface area contributed by atoms with Crippen LogP contribution in [0.2, 0.25) is 0 Å². The number of hydrogen-bond acceptors (Lipinski definition) is 3. The van der Waals surface area contributed by atoms with Gasteiger partial charge in [-0.1, -0.05) is 6.92 Å². The Labute approximate surface area is 96.4 Å². The van der Waals surface area contributed by atoms with Crippen LogP contribution in [0.25, 0.3) is 0 Å². The van der Waals surface area contributed by atoms with Gasteiger partial charge in [-0.05, 0) is 40.7 Å². The smallest absolute Gasteiger partial charge is 0.314 e. The summed E-state index contributed by atoms with van der Waals surface area (Å²) in [5.41, 5.74) is 0. The number of hydrogen-bond donors (Lipinski definition) is 0. The molecular weight excluding hydrogens is 264 g/mol. The molecule has 0 aromatic carbocycles. The van der Waals surface area contributed by atoms with E-state index >= 15 is 0 Å². The average Bonchev–Trinajstić information content (AvgIpc) is 2.54. The minimum atomic E-state index is -0.127. The van der Waals surface area contributed by atoms with E-state index in [0.717, 1.165) is 15.8 Å². The Morgan fingerprint density at radius 1 is 1.64 bits per heavy atom. The number of rotatable bonds is 4.